The van der Waals surface area contributed by atoms with Gasteiger partial charge in [-0.1, -0.05) is 12.2 Å². The Bertz CT molecular complexity index is 356. The second-order valence-electron chi connectivity index (χ2n) is 2.39. The molecule has 1 N–H and O–H groups in total. The third-order valence-electron chi connectivity index (χ3n) is 1.51. The van der Waals surface area contributed by atoms with E-state index in [1.54, 1.807) is 12.3 Å². The van der Waals surface area contributed by atoms with Crippen molar-refractivity contribution < 1.29 is 9.53 Å². The van der Waals surface area contributed by atoms with Gasteiger partial charge in [0, 0.05) is 6.20 Å². The molecule has 0 saturated carbocycles. The topological polar surface area (TPSA) is 42.1 Å². The van der Waals surface area contributed by atoms with Crippen LogP contribution in [-0.4, -0.2) is 18.1 Å². The van der Waals surface area contributed by atoms with Gasteiger partial charge in [-0.05, 0) is 18.6 Å². The smallest absolute Gasteiger partial charge is 0.339 e. The van der Waals surface area contributed by atoms with Crippen LogP contribution in [0.15, 0.2) is 12.3 Å². The quantitative estimate of drug-likeness (QED) is 0.533. The molecule has 0 bridgehead atoms. The van der Waals surface area contributed by atoms with Crippen molar-refractivity contribution in [2.75, 3.05) is 7.11 Å². The molecule has 1 aromatic heterocycles. The predicted molar refractivity (Wildman–Crippen MR) is 47.7 cm³/mol. The normalized spacial score (nSPS) is 9.50. The van der Waals surface area contributed by atoms with Crippen molar-refractivity contribution in [2.24, 2.45) is 0 Å². The molecule has 0 aromatic carbocycles. The third-order valence-corrected chi connectivity index (χ3v) is 1.95. The lowest BCUT2D eigenvalue weighted by Gasteiger charge is -1.99. The number of esters is 1. The van der Waals surface area contributed by atoms with Crippen LogP contribution in [0.2, 0.25) is 0 Å². The van der Waals surface area contributed by atoms with Gasteiger partial charge in [0.1, 0.15) is 4.64 Å². The van der Waals surface area contributed by atoms with Crippen LogP contribution in [-0.2, 0) is 4.74 Å². The average Bonchev–Trinajstić information content (AvgIpc) is 2.08. The van der Waals surface area contributed by atoms with Crippen molar-refractivity contribution in [3.05, 3.63) is 28.0 Å². The number of aryl methyl sites for hydroxylation is 1. The Morgan fingerprint density at radius 3 is 2.83 bits per heavy atom. The van der Waals surface area contributed by atoms with Crippen LogP contribution in [0.1, 0.15) is 15.9 Å². The van der Waals surface area contributed by atoms with E-state index in [2.05, 4.69) is 9.72 Å². The zero-order valence-corrected chi connectivity index (χ0v) is 7.70. The zero-order valence-electron chi connectivity index (χ0n) is 6.88. The van der Waals surface area contributed by atoms with E-state index in [4.69, 9.17) is 12.2 Å². The molecule has 0 radical (unpaired) electrons. The Balaban J connectivity index is 3.13. The van der Waals surface area contributed by atoms with Crippen molar-refractivity contribution in [1.82, 2.24) is 4.98 Å². The van der Waals surface area contributed by atoms with Crippen molar-refractivity contribution >= 4 is 18.2 Å². The Labute approximate surface area is 75.4 Å². The minimum absolute atomic E-state index is 0.357. The van der Waals surface area contributed by atoms with E-state index >= 15 is 0 Å². The van der Waals surface area contributed by atoms with Gasteiger partial charge in [0.25, 0.3) is 0 Å². The van der Waals surface area contributed by atoms with E-state index in [0.29, 0.717) is 10.2 Å². The first-order valence-electron chi connectivity index (χ1n) is 3.43. The van der Waals surface area contributed by atoms with Gasteiger partial charge < -0.3 is 9.72 Å². The molecule has 1 heterocycles. The van der Waals surface area contributed by atoms with Gasteiger partial charge in [-0.15, -0.1) is 0 Å². The Hall–Kier alpha value is -1.16. The van der Waals surface area contributed by atoms with Crippen LogP contribution < -0.4 is 0 Å². The molecular weight excluding hydrogens is 174 g/mol. The fraction of sp³-hybridized carbons (Fsp3) is 0.250. The second kappa shape index (κ2) is 3.49. The molecule has 0 aliphatic heterocycles. The third kappa shape index (κ3) is 1.71. The first-order valence-corrected chi connectivity index (χ1v) is 3.83. The number of carbonyl (C=O) groups is 1. The number of aromatic nitrogens is 1. The summed E-state index contributed by atoms with van der Waals surface area (Å²) in [6.45, 7) is 1.84. The highest BCUT2D eigenvalue weighted by Gasteiger charge is 2.04. The molecule has 0 spiro atoms. The van der Waals surface area contributed by atoms with Gasteiger partial charge in [0.15, 0.2) is 0 Å². The van der Waals surface area contributed by atoms with Crippen LogP contribution in [0.4, 0.5) is 0 Å². The first kappa shape index (κ1) is 8.93. The van der Waals surface area contributed by atoms with Crippen LogP contribution >= 0.6 is 12.2 Å². The summed E-state index contributed by atoms with van der Waals surface area (Å²) < 4.78 is 5.18. The monoisotopic (exact) mass is 183 g/mol. The molecule has 12 heavy (non-hydrogen) atoms. The van der Waals surface area contributed by atoms with Crippen LogP contribution in [0, 0.1) is 11.6 Å². The van der Waals surface area contributed by atoms with Crippen LogP contribution in [0.5, 0.6) is 0 Å². The van der Waals surface area contributed by atoms with Crippen molar-refractivity contribution in [2.45, 2.75) is 6.92 Å². The maximum Gasteiger partial charge on any atom is 0.339 e. The Kier molecular flexibility index (Phi) is 2.60. The van der Waals surface area contributed by atoms with E-state index in [9.17, 15) is 4.79 Å². The van der Waals surface area contributed by atoms with E-state index < -0.39 is 0 Å². The van der Waals surface area contributed by atoms with Gasteiger partial charge in [0.2, 0.25) is 0 Å². The van der Waals surface area contributed by atoms with Crippen molar-refractivity contribution in [3.63, 3.8) is 0 Å². The maximum atomic E-state index is 11.0. The number of nitrogens with one attached hydrogen (secondary N) is 1. The fourth-order valence-electron chi connectivity index (χ4n) is 0.833. The molecule has 0 atom stereocenters. The van der Waals surface area contributed by atoms with Gasteiger partial charge in [0.05, 0.1) is 12.7 Å². The fourth-order valence-corrected chi connectivity index (χ4v) is 0.951. The molecule has 3 nitrogen and oxygen atoms in total. The molecule has 1 rings (SSSR count). The summed E-state index contributed by atoms with van der Waals surface area (Å²) in [6.07, 6.45) is 1.54. The number of aromatic amines is 1. The summed E-state index contributed by atoms with van der Waals surface area (Å²) in [7, 11) is 1.35. The summed E-state index contributed by atoms with van der Waals surface area (Å²) in [4.78, 5) is 13.8. The predicted octanol–water partition coefficient (Wildman–Crippen LogP) is 1.84. The minimum atomic E-state index is -0.357. The number of hydrogen-bond acceptors (Lipinski definition) is 3. The van der Waals surface area contributed by atoms with E-state index in [0.717, 1.165) is 5.56 Å². The van der Waals surface area contributed by atoms with Gasteiger partial charge in [-0.2, -0.15) is 0 Å². The average molecular weight is 183 g/mol. The zero-order chi connectivity index (χ0) is 9.14. The lowest BCUT2D eigenvalue weighted by molar-refractivity contribution is 0.0600. The molecule has 0 saturated heterocycles. The van der Waals surface area contributed by atoms with Crippen molar-refractivity contribution in [1.29, 1.82) is 0 Å². The van der Waals surface area contributed by atoms with Crippen molar-refractivity contribution in [3.8, 4) is 0 Å². The summed E-state index contributed by atoms with van der Waals surface area (Å²) in [6, 6.07) is 1.70. The second-order valence-corrected chi connectivity index (χ2v) is 2.80. The Morgan fingerprint density at radius 2 is 2.33 bits per heavy atom. The number of rotatable bonds is 1. The van der Waals surface area contributed by atoms with Crippen LogP contribution in [0.25, 0.3) is 0 Å². The van der Waals surface area contributed by atoms with Gasteiger partial charge in [-0.3, -0.25) is 0 Å². The highest BCUT2D eigenvalue weighted by Crippen LogP contribution is 2.04. The maximum absolute atomic E-state index is 11.0. The number of ether oxygens (including phenoxy) is 1. The molecule has 0 aliphatic rings. The molecule has 64 valence electrons. The lowest BCUT2D eigenvalue weighted by atomic mass is 10.2. The van der Waals surface area contributed by atoms with Crippen LogP contribution in [0.3, 0.4) is 0 Å². The molecule has 0 aliphatic carbocycles. The summed E-state index contributed by atoms with van der Waals surface area (Å²) in [5.41, 5.74) is 1.36. The lowest BCUT2D eigenvalue weighted by Crippen LogP contribution is -2.02. The molecule has 0 amide bonds. The number of pyridine rings is 1. The molecule has 0 unspecified atom stereocenters. The SMILES string of the molecule is COC(=O)c1c[nH]c(=S)c(C)c1. The highest BCUT2D eigenvalue weighted by molar-refractivity contribution is 7.71. The number of hydrogen-bond donors (Lipinski definition) is 1. The van der Waals surface area contributed by atoms with Gasteiger partial charge in [-0.25, -0.2) is 4.79 Å². The minimum Gasteiger partial charge on any atom is -0.465 e. The molecule has 4 heteroatoms. The summed E-state index contributed by atoms with van der Waals surface area (Å²) >= 11 is 4.93. The Morgan fingerprint density at radius 1 is 1.67 bits per heavy atom. The molecule has 1 aromatic rings. The summed E-state index contributed by atoms with van der Waals surface area (Å²) in [5.74, 6) is -0.357. The van der Waals surface area contributed by atoms with Gasteiger partial charge >= 0.3 is 5.97 Å². The van der Waals surface area contributed by atoms with E-state index in [1.165, 1.54) is 7.11 Å². The highest BCUT2D eigenvalue weighted by atomic mass is 32.1. The molecular formula is C8H9NO2S. The standard InChI is InChI=1S/C8H9NO2S/c1-5-3-6(8(10)11-2)4-9-7(5)12/h3-4H,1-2H3,(H,9,12). The number of H-pyrrole nitrogens is 1. The largest absolute Gasteiger partial charge is 0.465 e. The number of carbonyl (C=O) groups excluding carboxylic acids is 1. The first-order chi connectivity index (χ1) is 5.65. The molecule has 0 fully saturated rings. The summed E-state index contributed by atoms with van der Waals surface area (Å²) in [5, 5.41) is 0. The van der Waals surface area contributed by atoms with E-state index in [-0.39, 0.29) is 5.97 Å². The number of methoxy groups -OCH3 is 1. The van der Waals surface area contributed by atoms with E-state index in [1.807, 2.05) is 6.92 Å².